The third-order valence-electron chi connectivity index (χ3n) is 2.71. The topological polar surface area (TPSA) is 63.8 Å². The minimum atomic E-state index is 0.495. The molecule has 0 bridgehead atoms. The molecule has 0 aliphatic carbocycles. The van der Waals surface area contributed by atoms with Gasteiger partial charge in [-0.1, -0.05) is 23.7 Å². The highest BCUT2D eigenvalue weighted by Gasteiger charge is 2.10. The molecule has 102 valence electrons. The van der Waals surface area contributed by atoms with E-state index < -0.39 is 0 Å². The molecule has 2 heterocycles. The van der Waals surface area contributed by atoms with Gasteiger partial charge < -0.3 is 9.84 Å². The number of halogens is 1. The molecule has 0 spiro atoms. The molecule has 0 unspecified atom stereocenters. The fraction of sp³-hybridized carbons (Fsp3) is 0.462. The highest BCUT2D eigenvalue weighted by molar-refractivity contribution is 6.30. The summed E-state index contributed by atoms with van der Waals surface area (Å²) < 4.78 is 5.14. The summed E-state index contributed by atoms with van der Waals surface area (Å²) in [5, 5.41) is 7.55. The number of aromatic nitrogens is 3. The molecule has 2 rings (SSSR count). The zero-order chi connectivity index (χ0) is 13.8. The number of anilines is 1. The molecule has 2 aromatic heterocycles. The van der Waals surface area contributed by atoms with Crippen LogP contribution in [0.25, 0.3) is 0 Å². The Kier molecular flexibility index (Phi) is 4.37. The van der Waals surface area contributed by atoms with Gasteiger partial charge in [-0.3, -0.25) is 0 Å². The lowest BCUT2D eigenvalue weighted by Crippen LogP contribution is -2.07. The van der Waals surface area contributed by atoms with Gasteiger partial charge in [-0.2, -0.15) is 0 Å². The van der Waals surface area contributed by atoms with Crippen molar-refractivity contribution in [1.29, 1.82) is 0 Å². The van der Waals surface area contributed by atoms with Crippen LogP contribution in [-0.2, 0) is 13.0 Å². The van der Waals surface area contributed by atoms with Crippen LogP contribution in [-0.4, -0.2) is 15.1 Å². The summed E-state index contributed by atoms with van der Waals surface area (Å²) in [5.41, 5.74) is 1.71. The van der Waals surface area contributed by atoms with Gasteiger partial charge in [-0.05, 0) is 20.3 Å². The maximum absolute atomic E-state index is 6.11. The minimum Gasteiger partial charge on any atom is -0.362 e. The summed E-state index contributed by atoms with van der Waals surface area (Å²) in [4.78, 5) is 8.74. The SMILES string of the molecule is CCCc1nc(Cl)c(C)c(NCc2cc(C)no2)n1. The van der Waals surface area contributed by atoms with E-state index in [1.165, 1.54) is 0 Å². The van der Waals surface area contributed by atoms with E-state index in [1.807, 2.05) is 19.9 Å². The molecule has 19 heavy (non-hydrogen) atoms. The number of hydrogen-bond acceptors (Lipinski definition) is 5. The van der Waals surface area contributed by atoms with Gasteiger partial charge in [-0.15, -0.1) is 0 Å². The van der Waals surface area contributed by atoms with Crippen LogP contribution >= 0.6 is 11.6 Å². The molecule has 0 saturated carbocycles. The van der Waals surface area contributed by atoms with Crippen LogP contribution in [0.5, 0.6) is 0 Å². The average molecular weight is 281 g/mol. The van der Waals surface area contributed by atoms with E-state index in [0.717, 1.165) is 41.5 Å². The summed E-state index contributed by atoms with van der Waals surface area (Å²) in [7, 11) is 0. The number of nitrogens with zero attached hydrogens (tertiary/aromatic N) is 3. The lowest BCUT2D eigenvalue weighted by molar-refractivity contribution is 0.384. The fourth-order valence-electron chi connectivity index (χ4n) is 1.71. The number of aryl methyl sites for hydroxylation is 2. The van der Waals surface area contributed by atoms with E-state index in [1.54, 1.807) is 0 Å². The number of rotatable bonds is 5. The third-order valence-corrected chi connectivity index (χ3v) is 3.08. The van der Waals surface area contributed by atoms with Crippen LogP contribution in [0.1, 0.15) is 36.2 Å². The maximum atomic E-state index is 6.11. The Morgan fingerprint density at radius 2 is 2.11 bits per heavy atom. The van der Waals surface area contributed by atoms with Crippen LogP contribution in [0.4, 0.5) is 5.82 Å². The Morgan fingerprint density at radius 1 is 1.32 bits per heavy atom. The molecule has 0 radical (unpaired) electrons. The van der Waals surface area contributed by atoms with Crippen LogP contribution in [0.2, 0.25) is 5.15 Å². The fourth-order valence-corrected chi connectivity index (χ4v) is 1.90. The monoisotopic (exact) mass is 280 g/mol. The lowest BCUT2D eigenvalue weighted by Gasteiger charge is -2.10. The van der Waals surface area contributed by atoms with E-state index >= 15 is 0 Å². The van der Waals surface area contributed by atoms with Crippen LogP contribution in [0.15, 0.2) is 10.6 Å². The molecular formula is C13H17ClN4O. The van der Waals surface area contributed by atoms with Crippen molar-refractivity contribution in [3.63, 3.8) is 0 Å². The van der Waals surface area contributed by atoms with E-state index in [-0.39, 0.29) is 0 Å². The molecule has 0 aliphatic rings. The van der Waals surface area contributed by atoms with Gasteiger partial charge in [0.1, 0.15) is 16.8 Å². The molecule has 0 amide bonds. The van der Waals surface area contributed by atoms with Crippen molar-refractivity contribution in [3.05, 3.63) is 34.1 Å². The first kappa shape index (κ1) is 13.8. The second kappa shape index (κ2) is 6.02. The molecule has 0 fully saturated rings. The lowest BCUT2D eigenvalue weighted by atomic mass is 10.3. The molecule has 0 atom stereocenters. The highest BCUT2D eigenvalue weighted by atomic mass is 35.5. The summed E-state index contributed by atoms with van der Waals surface area (Å²) in [6.07, 6.45) is 1.80. The van der Waals surface area contributed by atoms with E-state index in [9.17, 15) is 0 Å². The normalized spacial score (nSPS) is 10.7. The van der Waals surface area contributed by atoms with E-state index in [4.69, 9.17) is 16.1 Å². The van der Waals surface area contributed by atoms with Crippen molar-refractivity contribution in [2.24, 2.45) is 0 Å². The van der Waals surface area contributed by atoms with Gasteiger partial charge in [0.05, 0.1) is 12.2 Å². The van der Waals surface area contributed by atoms with Gasteiger partial charge in [0.2, 0.25) is 0 Å². The van der Waals surface area contributed by atoms with Crippen molar-refractivity contribution in [1.82, 2.24) is 15.1 Å². The Bertz CT molecular complexity index is 568. The van der Waals surface area contributed by atoms with Crippen molar-refractivity contribution in [2.75, 3.05) is 5.32 Å². The van der Waals surface area contributed by atoms with E-state index in [2.05, 4.69) is 27.4 Å². The van der Waals surface area contributed by atoms with Crippen LogP contribution in [0.3, 0.4) is 0 Å². The number of nitrogens with one attached hydrogen (secondary N) is 1. The molecule has 0 aromatic carbocycles. The molecule has 6 heteroatoms. The van der Waals surface area contributed by atoms with Crippen molar-refractivity contribution >= 4 is 17.4 Å². The molecule has 1 N–H and O–H groups in total. The summed E-state index contributed by atoms with van der Waals surface area (Å²) in [6, 6.07) is 1.89. The first-order valence-electron chi connectivity index (χ1n) is 6.29. The predicted molar refractivity (Wildman–Crippen MR) is 74.3 cm³/mol. The minimum absolute atomic E-state index is 0.495. The van der Waals surface area contributed by atoms with Gasteiger partial charge in [0, 0.05) is 18.1 Å². The van der Waals surface area contributed by atoms with Crippen LogP contribution in [0, 0.1) is 13.8 Å². The number of hydrogen-bond donors (Lipinski definition) is 1. The van der Waals surface area contributed by atoms with E-state index in [0.29, 0.717) is 11.7 Å². The third kappa shape index (κ3) is 3.44. The second-order valence-corrected chi connectivity index (χ2v) is 4.80. The average Bonchev–Trinajstić information content (AvgIpc) is 2.78. The molecule has 0 saturated heterocycles. The molecular weight excluding hydrogens is 264 g/mol. The standard InChI is InChI=1S/C13H17ClN4O/c1-4-5-11-16-12(14)9(3)13(17-11)15-7-10-6-8(2)18-19-10/h6H,4-5,7H2,1-3H3,(H,15,16,17). The largest absolute Gasteiger partial charge is 0.362 e. The summed E-state index contributed by atoms with van der Waals surface area (Å²) in [6.45, 7) is 6.40. The Labute approximate surface area is 117 Å². The van der Waals surface area contributed by atoms with Crippen molar-refractivity contribution in [2.45, 2.75) is 40.2 Å². The van der Waals surface area contributed by atoms with Crippen molar-refractivity contribution < 1.29 is 4.52 Å². The Morgan fingerprint density at radius 3 is 2.74 bits per heavy atom. The van der Waals surface area contributed by atoms with Crippen LogP contribution < -0.4 is 5.32 Å². The van der Waals surface area contributed by atoms with Gasteiger partial charge in [0.15, 0.2) is 5.76 Å². The summed E-state index contributed by atoms with van der Waals surface area (Å²) >= 11 is 6.11. The van der Waals surface area contributed by atoms with Gasteiger partial charge in [-0.25, -0.2) is 9.97 Å². The summed E-state index contributed by atoms with van der Waals surface area (Å²) in [5.74, 6) is 2.27. The smallest absolute Gasteiger partial charge is 0.156 e. The zero-order valence-electron chi connectivity index (χ0n) is 11.3. The van der Waals surface area contributed by atoms with Crippen molar-refractivity contribution in [3.8, 4) is 0 Å². The molecule has 5 nitrogen and oxygen atoms in total. The zero-order valence-corrected chi connectivity index (χ0v) is 12.1. The predicted octanol–water partition coefficient (Wildman–Crippen LogP) is 3.30. The second-order valence-electron chi connectivity index (χ2n) is 4.44. The highest BCUT2D eigenvalue weighted by Crippen LogP contribution is 2.21. The Balaban J connectivity index is 2.14. The maximum Gasteiger partial charge on any atom is 0.156 e. The molecule has 0 aliphatic heterocycles. The molecule has 2 aromatic rings. The first-order chi connectivity index (χ1) is 9.10. The Hall–Kier alpha value is -1.62. The van der Waals surface area contributed by atoms with Gasteiger partial charge in [0.25, 0.3) is 0 Å². The first-order valence-corrected chi connectivity index (χ1v) is 6.67. The quantitative estimate of drug-likeness (QED) is 0.852. The van der Waals surface area contributed by atoms with Gasteiger partial charge >= 0.3 is 0 Å².